The molecule has 0 spiro atoms. The maximum absolute atomic E-state index is 11.6. The van der Waals surface area contributed by atoms with Crippen LogP contribution in [0, 0.1) is 0 Å². The summed E-state index contributed by atoms with van der Waals surface area (Å²) >= 11 is 1.37. The average molecular weight is 341 g/mol. The number of carbonyl (C=O) groups is 1. The standard InChI is InChI=1S/C19H23N3OS/c1-5-20-19(22-13(2)3)24-18(12-23)14(4)16-10-15-8-6-7-9-17(15)21-11-16/h6-13H,5H2,1-4H3,(H,20,22)/b18-14+. The molecule has 1 aromatic heterocycles. The predicted octanol–water partition coefficient (Wildman–Crippen LogP) is 4.27. The van der Waals surface area contributed by atoms with Gasteiger partial charge in [0.25, 0.3) is 0 Å². The lowest BCUT2D eigenvalue weighted by Gasteiger charge is -2.14. The first-order chi connectivity index (χ1) is 11.5. The lowest BCUT2D eigenvalue weighted by Crippen LogP contribution is -2.28. The zero-order valence-electron chi connectivity index (χ0n) is 14.5. The van der Waals surface area contributed by atoms with Gasteiger partial charge in [0, 0.05) is 24.2 Å². The van der Waals surface area contributed by atoms with Crippen molar-refractivity contribution in [3.63, 3.8) is 0 Å². The Hall–Kier alpha value is -2.14. The van der Waals surface area contributed by atoms with Gasteiger partial charge in [0.1, 0.15) is 0 Å². The molecule has 1 N–H and O–H groups in total. The number of allylic oxidation sites excluding steroid dienone is 2. The molecule has 0 aliphatic heterocycles. The van der Waals surface area contributed by atoms with Crippen molar-refractivity contribution in [2.75, 3.05) is 6.54 Å². The van der Waals surface area contributed by atoms with Crippen molar-refractivity contribution >= 4 is 39.7 Å². The van der Waals surface area contributed by atoms with Gasteiger partial charge < -0.3 is 5.32 Å². The van der Waals surface area contributed by atoms with Crippen molar-refractivity contribution in [1.29, 1.82) is 0 Å². The normalized spacial score (nSPS) is 13.1. The number of hydrogen-bond donors (Lipinski definition) is 1. The SMILES string of the molecule is CCN=C(NC(C)C)S/C(C=O)=C(\C)c1cnc2ccccc2c1. The summed E-state index contributed by atoms with van der Waals surface area (Å²) < 4.78 is 0. The number of rotatable bonds is 5. The number of aldehydes is 1. The van der Waals surface area contributed by atoms with E-state index in [4.69, 9.17) is 0 Å². The molecule has 126 valence electrons. The smallest absolute Gasteiger partial charge is 0.161 e. The number of thioether (sulfide) groups is 1. The maximum atomic E-state index is 11.6. The molecule has 0 amide bonds. The van der Waals surface area contributed by atoms with Crippen LogP contribution in [0.4, 0.5) is 0 Å². The molecule has 0 saturated heterocycles. The number of carbonyl (C=O) groups excluding carboxylic acids is 1. The first-order valence-electron chi connectivity index (χ1n) is 8.05. The quantitative estimate of drug-likeness (QED) is 0.382. The summed E-state index contributed by atoms with van der Waals surface area (Å²) in [6.45, 7) is 8.70. The van der Waals surface area contributed by atoms with Gasteiger partial charge in [0.15, 0.2) is 11.5 Å². The van der Waals surface area contributed by atoms with Crippen LogP contribution in [0.1, 0.15) is 33.3 Å². The summed E-state index contributed by atoms with van der Waals surface area (Å²) in [5.41, 5.74) is 2.80. The first kappa shape index (κ1) is 18.2. The fraction of sp³-hybridized carbons (Fsp3) is 0.316. The Bertz CT molecular complexity index is 781. The van der Waals surface area contributed by atoms with E-state index < -0.39 is 0 Å². The van der Waals surface area contributed by atoms with Crippen molar-refractivity contribution in [3.8, 4) is 0 Å². The third kappa shape index (κ3) is 4.68. The van der Waals surface area contributed by atoms with E-state index in [2.05, 4.69) is 35.2 Å². The van der Waals surface area contributed by atoms with Crippen LogP contribution < -0.4 is 5.32 Å². The molecule has 0 saturated carbocycles. The van der Waals surface area contributed by atoms with Gasteiger partial charge in [0.2, 0.25) is 0 Å². The van der Waals surface area contributed by atoms with Crippen LogP contribution in [-0.2, 0) is 4.79 Å². The Morgan fingerprint density at radius 1 is 1.38 bits per heavy atom. The number of nitrogens with zero attached hydrogens (tertiary/aromatic N) is 2. The molecule has 2 rings (SSSR count). The summed E-state index contributed by atoms with van der Waals surface area (Å²) in [4.78, 5) is 21.2. The van der Waals surface area contributed by atoms with Gasteiger partial charge in [-0.25, -0.2) is 0 Å². The van der Waals surface area contributed by atoms with Crippen molar-refractivity contribution in [2.45, 2.75) is 33.7 Å². The van der Waals surface area contributed by atoms with Crippen LogP contribution >= 0.6 is 11.8 Å². The topological polar surface area (TPSA) is 54.4 Å². The van der Waals surface area contributed by atoms with E-state index in [0.29, 0.717) is 11.4 Å². The molecule has 4 nitrogen and oxygen atoms in total. The fourth-order valence-electron chi connectivity index (χ4n) is 2.21. The molecule has 5 heteroatoms. The molecule has 0 aliphatic rings. The summed E-state index contributed by atoms with van der Waals surface area (Å²) in [5.74, 6) is 0. The van der Waals surface area contributed by atoms with E-state index in [1.807, 2.05) is 44.3 Å². The fourth-order valence-corrected chi connectivity index (χ4v) is 3.23. The van der Waals surface area contributed by atoms with Gasteiger partial charge in [-0.1, -0.05) is 18.2 Å². The first-order valence-corrected chi connectivity index (χ1v) is 8.86. The highest BCUT2D eigenvalue weighted by molar-refractivity contribution is 8.17. The second kappa shape index (κ2) is 8.64. The van der Waals surface area contributed by atoms with Crippen molar-refractivity contribution < 1.29 is 4.79 Å². The van der Waals surface area contributed by atoms with E-state index in [-0.39, 0.29) is 6.04 Å². The monoisotopic (exact) mass is 341 g/mol. The van der Waals surface area contributed by atoms with Gasteiger partial charge >= 0.3 is 0 Å². The highest BCUT2D eigenvalue weighted by atomic mass is 32.2. The highest BCUT2D eigenvalue weighted by Gasteiger charge is 2.11. The molecule has 1 heterocycles. The van der Waals surface area contributed by atoms with Gasteiger partial charge in [-0.05, 0) is 62.7 Å². The number of benzene rings is 1. The molecule has 0 fully saturated rings. The summed E-state index contributed by atoms with van der Waals surface area (Å²) in [6, 6.07) is 10.3. The van der Waals surface area contributed by atoms with Gasteiger partial charge in [-0.3, -0.25) is 14.8 Å². The van der Waals surface area contributed by atoms with E-state index in [0.717, 1.165) is 33.5 Å². The van der Waals surface area contributed by atoms with E-state index in [1.165, 1.54) is 11.8 Å². The molecule has 1 aromatic carbocycles. The molecule has 0 unspecified atom stereocenters. The summed E-state index contributed by atoms with van der Waals surface area (Å²) in [6.07, 6.45) is 2.70. The minimum absolute atomic E-state index is 0.262. The number of hydrogen-bond acceptors (Lipinski definition) is 4. The number of aromatic nitrogens is 1. The second-order valence-electron chi connectivity index (χ2n) is 5.70. The van der Waals surface area contributed by atoms with Crippen molar-refractivity contribution in [3.05, 3.63) is 47.0 Å². The van der Waals surface area contributed by atoms with Gasteiger partial charge in [-0.2, -0.15) is 0 Å². The van der Waals surface area contributed by atoms with Crippen LogP contribution in [0.15, 0.2) is 46.4 Å². The second-order valence-corrected chi connectivity index (χ2v) is 6.74. The molecule has 0 radical (unpaired) electrons. The zero-order valence-corrected chi connectivity index (χ0v) is 15.4. The van der Waals surface area contributed by atoms with E-state index in [1.54, 1.807) is 0 Å². The Kier molecular flexibility index (Phi) is 6.55. The molecule has 24 heavy (non-hydrogen) atoms. The lowest BCUT2D eigenvalue weighted by molar-refractivity contribution is -0.104. The number of aliphatic imine (C=N–C) groups is 1. The number of para-hydroxylation sites is 1. The van der Waals surface area contributed by atoms with Crippen molar-refractivity contribution in [2.24, 2.45) is 4.99 Å². The maximum Gasteiger partial charge on any atom is 0.161 e. The summed E-state index contributed by atoms with van der Waals surface area (Å²) in [7, 11) is 0. The number of nitrogens with one attached hydrogen (secondary N) is 1. The predicted molar refractivity (Wildman–Crippen MR) is 104 cm³/mol. The average Bonchev–Trinajstić information content (AvgIpc) is 2.58. The van der Waals surface area contributed by atoms with Crippen LogP contribution in [0.2, 0.25) is 0 Å². The molecule has 0 atom stereocenters. The lowest BCUT2D eigenvalue weighted by atomic mass is 10.1. The Labute approximate surface area is 147 Å². The third-order valence-electron chi connectivity index (χ3n) is 3.42. The molecule has 0 bridgehead atoms. The Morgan fingerprint density at radius 3 is 2.79 bits per heavy atom. The van der Waals surface area contributed by atoms with E-state index in [9.17, 15) is 4.79 Å². The number of amidine groups is 1. The zero-order chi connectivity index (χ0) is 17.5. The molecule has 0 aliphatic carbocycles. The van der Waals surface area contributed by atoms with Gasteiger partial charge in [-0.15, -0.1) is 0 Å². The van der Waals surface area contributed by atoms with Crippen LogP contribution in [0.25, 0.3) is 16.5 Å². The number of pyridine rings is 1. The largest absolute Gasteiger partial charge is 0.362 e. The number of fused-ring (bicyclic) bond motifs is 1. The van der Waals surface area contributed by atoms with Crippen LogP contribution in [-0.4, -0.2) is 29.0 Å². The third-order valence-corrected chi connectivity index (χ3v) is 4.48. The molecular weight excluding hydrogens is 318 g/mol. The minimum atomic E-state index is 0.262. The van der Waals surface area contributed by atoms with Crippen LogP contribution in [0.5, 0.6) is 0 Å². The Morgan fingerprint density at radius 2 is 2.12 bits per heavy atom. The van der Waals surface area contributed by atoms with Crippen LogP contribution in [0.3, 0.4) is 0 Å². The van der Waals surface area contributed by atoms with E-state index >= 15 is 0 Å². The summed E-state index contributed by atoms with van der Waals surface area (Å²) in [5, 5.41) is 5.11. The highest BCUT2D eigenvalue weighted by Crippen LogP contribution is 2.27. The molecular formula is C19H23N3OS. The minimum Gasteiger partial charge on any atom is -0.362 e. The van der Waals surface area contributed by atoms with Crippen molar-refractivity contribution in [1.82, 2.24) is 10.3 Å². The Balaban J connectivity index is 2.36. The molecule has 2 aromatic rings. The van der Waals surface area contributed by atoms with Gasteiger partial charge in [0.05, 0.1) is 10.4 Å².